The first-order valence-corrected chi connectivity index (χ1v) is 14.8. The van der Waals surface area contributed by atoms with E-state index in [4.69, 9.17) is 11.5 Å². The zero-order valence-electron chi connectivity index (χ0n) is 23.6. The molecule has 4 rings (SSSR count). The first-order chi connectivity index (χ1) is 19.7. The maximum absolute atomic E-state index is 12.5. The molecule has 0 fully saturated rings. The largest absolute Gasteiger partial charge is 1.00 e. The molecule has 0 saturated heterocycles. The van der Waals surface area contributed by atoms with Crippen LogP contribution in [0.4, 0.5) is 22.7 Å². The van der Waals surface area contributed by atoms with Gasteiger partial charge in [0.05, 0.1) is 0 Å². The molecular weight excluding hydrogens is 607 g/mol. The minimum absolute atomic E-state index is 0. The Morgan fingerprint density at radius 1 is 0.605 bits per heavy atom. The molecule has 0 spiro atoms. The Labute approximate surface area is 271 Å². The number of hydrogen-bond donors (Lipinski definition) is 6. The molecule has 12 nitrogen and oxygen atoms in total. The Balaban J connectivity index is 0.00000337. The fraction of sp³-hybridized carbons (Fsp3) is 0. The summed E-state index contributed by atoms with van der Waals surface area (Å²) >= 11 is 0. The predicted molar refractivity (Wildman–Crippen MR) is 160 cm³/mol. The first-order valence-electron chi connectivity index (χ1n) is 12.0. The van der Waals surface area contributed by atoms with E-state index in [0.717, 1.165) is 12.1 Å². The van der Waals surface area contributed by atoms with Gasteiger partial charge in [-0.05, 0) is 83.9 Å². The van der Waals surface area contributed by atoms with Crippen molar-refractivity contribution in [3.8, 4) is 0 Å². The van der Waals surface area contributed by atoms with Crippen molar-refractivity contribution in [2.45, 2.75) is 9.79 Å². The summed E-state index contributed by atoms with van der Waals surface area (Å²) in [6.07, 6.45) is 2.40. The van der Waals surface area contributed by atoms with Crippen LogP contribution in [0.5, 0.6) is 0 Å². The van der Waals surface area contributed by atoms with Crippen molar-refractivity contribution in [3.05, 3.63) is 107 Å². The van der Waals surface area contributed by atoms with Gasteiger partial charge in [0.1, 0.15) is 9.79 Å². The Morgan fingerprint density at radius 3 is 1.23 bits per heavy atom. The van der Waals surface area contributed by atoms with E-state index in [-0.39, 0.29) is 64.6 Å². The van der Waals surface area contributed by atoms with Crippen LogP contribution in [0, 0.1) is 0 Å². The van der Waals surface area contributed by atoms with E-state index in [1.54, 1.807) is 0 Å². The molecule has 4 aromatic carbocycles. The molecule has 15 heteroatoms. The topological polar surface area (TPSA) is 219 Å². The van der Waals surface area contributed by atoms with Gasteiger partial charge in [-0.15, -0.1) is 0 Å². The van der Waals surface area contributed by atoms with Gasteiger partial charge in [0.25, 0.3) is 32.1 Å². The molecule has 0 radical (unpaired) electrons. The number of carbonyl (C=O) groups is 2. The number of nitrogen functional groups attached to an aromatic ring is 2. The van der Waals surface area contributed by atoms with E-state index in [1.165, 1.54) is 84.9 Å². The molecule has 8 N–H and O–H groups in total. The van der Waals surface area contributed by atoms with Gasteiger partial charge in [-0.25, -0.2) is 0 Å². The number of amides is 2. The fourth-order valence-corrected chi connectivity index (χ4v) is 5.22. The zero-order valence-corrected chi connectivity index (χ0v) is 26.2. The molecule has 0 aromatic heterocycles. The van der Waals surface area contributed by atoms with Gasteiger partial charge in [0.2, 0.25) is 0 Å². The summed E-state index contributed by atoms with van der Waals surface area (Å²) < 4.78 is 68.2. The van der Waals surface area contributed by atoms with Crippen LogP contribution in [0.1, 0.15) is 33.3 Å². The van der Waals surface area contributed by atoms with Crippen LogP contribution in [-0.4, -0.2) is 37.8 Å². The monoisotopic (exact) mass is 632 g/mol. The van der Waals surface area contributed by atoms with E-state index in [0.29, 0.717) is 11.4 Å². The first kappa shape index (κ1) is 33.5. The summed E-state index contributed by atoms with van der Waals surface area (Å²) in [5.41, 5.74) is 12.7. The van der Waals surface area contributed by atoms with Crippen molar-refractivity contribution < 1.29 is 66.5 Å². The van der Waals surface area contributed by atoms with Gasteiger partial charge in [-0.3, -0.25) is 18.7 Å². The second-order valence-corrected chi connectivity index (χ2v) is 11.7. The van der Waals surface area contributed by atoms with Crippen LogP contribution >= 0.6 is 0 Å². The van der Waals surface area contributed by atoms with Gasteiger partial charge in [-0.1, -0.05) is 24.3 Å². The van der Waals surface area contributed by atoms with E-state index in [9.17, 15) is 35.5 Å². The van der Waals surface area contributed by atoms with Crippen molar-refractivity contribution in [1.82, 2.24) is 0 Å². The van der Waals surface area contributed by atoms with Crippen molar-refractivity contribution in [2.24, 2.45) is 0 Å². The number of rotatable bonds is 8. The maximum Gasteiger partial charge on any atom is 1.00 e. The molecule has 0 aliphatic rings. The summed E-state index contributed by atoms with van der Waals surface area (Å²) in [7, 11) is -9.59. The molecule has 2 amide bonds. The van der Waals surface area contributed by atoms with Crippen LogP contribution in [0.15, 0.2) is 94.7 Å². The number of hydrogen-bond acceptors (Lipinski definition) is 8. The van der Waals surface area contributed by atoms with Crippen molar-refractivity contribution >= 4 is 67.0 Å². The van der Waals surface area contributed by atoms with E-state index in [2.05, 4.69) is 10.6 Å². The SMILES string of the molecule is Nc1ccc(C(=O)Nc2ccc(C=Cc3ccc(NC(=O)c4ccc(N)cc4)cc3S(=O)(=O)O)c(S(=O)(=O)O)c2)cc1.[H-].[Na+]. The molecule has 0 atom stereocenters. The summed E-state index contributed by atoms with van der Waals surface area (Å²) in [5, 5.41) is 5.05. The minimum Gasteiger partial charge on any atom is -1.00 e. The van der Waals surface area contributed by atoms with E-state index < -0.39 is 41.8 Å². The second kappa shape index (κ2) is 13.5. The Kier molecular flexibility index (Phi) is 10.5. The van der Waals surface area contributed by atoms with Crippen LogP contribution in [0.2, 0.25) is 0 Å². The van der Waals surface area contributed by atoms with Gasteiger partial charge >= 0.3 is 29.6 Å². The Morgan fingerprint density at radius 2 is 0.930 bits per heavy atom. The second-order valence-electron chi connectivity index (χ2n) is 8.94. The molecule has 0 bridgehead atoms. The number of anilines is 4. The van der Waals surface area contributed by atoms with Crippen LogP contribution < -0.4 is 51.7 Å². The summed E-state index contributed by atoms with van der Waals surface area (Å²) in [4.78, 5) is 23.9. The summed E-state index contributed by atoms with van der Waals surface area (Å²) in [6.45, 7) is 0. The normalized spacial score (nSPS) is 11.5. The summed E-state index contributed by atoms with van der Waals surface area (Å²) in [5.74, 6) is -1.11. The van der Waals surface area contributed by atoms with Gasteiger partial charge in [0, 0.05) is 33.9 Å². The summed E-state index contributed by atoms with van der Waals surface area (Å²) in [6, 6.07) is 19.4. The number of nitrogens with two attached hydrogens (primary N) is 2. The van der Waals surface area contributed by atoms with Crippen molar-refractivity contribution in [1.29, 1.82) is 0 Å². The van der Waals surface area contributed by atoms with Gasteiger partial charge < -0.3 is 23.5 Å². The average Bonchev–Trinajstić information content (AvgIpc) is 2.92. The molecule has 4 aromatic rings. The molecule has 218 valence electrons. The molecule has 43 heavy (non-hydrogen) atoms. The van der Waals surface area contributed by atoms with Gasteiger partial charge in [0.15, 0.2) is 0 Å². The maximum atomic E-state index is 12.5. The molecule has 0 heterocycles. The quantitative estimate of drug-likeness (QED) is 0.0704. The minimum atomic E-state index is -4.80. The number of benzene rings is 4. The Hall–Kier alpha value is -4.02. The van der Waals surface area contributed by atoms with E-state index in [1.807, 2.05) is 0 Å². The predicted octanol–water partition coefficient (Wildman–Crippen LogP) is 1.14. The fourth-order valence-electron chi connectivity index (χ4n) is 3.80. The third-order valence-electron chi connectivity index (χ3n) is 5.89. The van der Waals surface area contributed by atoms with Gasteiger partial charge in [-0.2, -0.15) is 16.8 Å². The molecular formula is C28H25N4NaO8S2. The van der Waals surface area contributed by atoms with Crippen molar-refractivity contribution in [2.75, 3.05) is 22.1 Å². The molecule has 0 unspecified atom stereocenters. The molecule has 0 saturated carbocycles. The zero-order chi connectivity index (χ0) is 30.7. The smallest absolute Gasteiger partial charge is 1.00 e. The Bertz CT molecular complexity index is 1790. The molecule has 0 aliphatic heterocycles. The van der Waals surface area contributed by atoms with E-state index >= 15 is 0 Å². The number of nitrogens with one attached hydrogen (secondary N) is 2. The van der Waals surface area contributed by atoms with Crippen LogP contribution in [-0.2, 0) is 20.2 Å². The number of carbonyl (C=O) groups excluding carboxylic acids is 2. The van der Waals surface area contributed by atoms with Crippen LogP contribution in [0.25, 0.3) is 12.2 Å². The third-order valence-corrected chi connectivity index (χ3v) is 7.71. The standard InChI is InChI=1S/C28H24N4O8S2.Na.H/c29-21-9-3-19(4-10-21)27(33)31-23-13-7-17(25(15-23)41(35,36)37)1-2-18-8-14-24(16-26(18)42(38,39)40)32-28(34)20-5-11-22(30)12-6-20;;/h1-16H,29-30H2,(H,31,33)(H,32,34)(H,35,36,37)(H,38,39,40);;/q;+1;-1. The van der Waals surface area contributed by atoms with Crippen molar-refractivity contribution in [3.63, 3.8) is 0 Å². The molecule has 0 aliphatic carbocycles. The average molecular weight is 633 g/mol. The van der Waals surface area contributed by atoms with Crippen LogP contribution in [0.3, 0.4) is 0 Å². The third kappa shape index (κ3) is 8.75.